The maximum Gasteiger partial charge on any atom is 0.0279 e. The summed E-state index contributed by atoms with van der Waals surface area (Å²) in [6.07, 6.45) is 25.7. The molecule has 0 spiro atoms. The fourth-order valence-electron chi connectivity index (χ4n) is 3.92. The van der Waals surface area contributed by atoms with E-state index in [-0.39, 0.29) is 11.6 Å². The van der Waals surface area contributed by atoms with Crippen LogP contribution in [0, 0.1) is 5.92 Å². The highest BCUT2D eigenvalue weighted by Gasteiger charge is 2.27. The Hall–Kier alpha value is -0.340. The van der Waals surface area contributed by atoms with Crippen molar-refractivity contribution in [1.82, 2.24) is 0 Å². The van der Waals surface area contributed by atoms with E-state index in [2.05, 4.69) is 13.5 Å². The van der Waals surface area contributed by atoms with Crippen molar-refractivity contribution in [2.24, 2.45) is 17.4 Å². The molecule has 0 bridgehead atoms. The highest BCUT2D eigenvalue weighted by Crippen LogP contribution is 2.21. The van der Waals surface area contributed by atoms with Crippen LogP contribution in [-0.2, 0) is 0 Å². The van der Waals surface area contributed by atoms with Crippen molar-refractivity contribution in [3.63, 3.8) is 0 Å². The van der Waals surface area contributed by atoms with Gasteiger partial charge in [0.1, 0.15) is 0 Å². The van der Waals surface area contributed by atoms with Gasteiger partial charge in [0.2, 0.25) is 0 Å². The Bertz CT molecular complexity index is 319. The molecule has 162 valence electrons. The minimum atomic E-state index is -0.325. The van der Waals surface area contributed by atoms with Crippen molar-refractivity contribution in [2.75, 3.05) is 0 Å². The molecule has 0 amide bonds. The van der Waals surface area contributed by atoms with Gasteiger partial charge in [0.25, 0.3) is 0 Å². The molecule has 2 unspecified atom stereocenters. The first-order valence-electron chi connectivity index (χ1n) is 12.1. The second-order valence-electron chi connectivity index (χ2n) is 9.34. The average molecular weight is 381 g/mol. The summed E-state index contributed by atoms with van der Waals surface area (Å²) in [6.45, 7) is 10.3. The molecule has 0 aliphatic rings. The zero-order valence-corrected chi connectivity index (χ0v) is 19.1. The Balaban J connectivity index is 3.34. The zero-order chi connectivity index (χ0) is 20.4. The van der Waals surface area contributed by atoms with Crippen LogP contribution in [0.1, 0.15) is 130 Å². The largest absolute Gasteiger partial charge is 0.326 e. The standard InChI is InChI=1S/C25H52N2/c1-5-7-8-9-10-11-12-13-14-15-16-17-18-19-20-21-22-23(6-2)24(26)25(3,4)27/h6,23-24H,2,5,7-22,26-27H2,1,3-4H3. The molecule has 0 aliphatic carbocycles. The van der Waals surface area contributed by atoms with Gasteiger partial charge in [0.05, 0.1) is 0 Å². The van der Waals surface area contributed by atoms with Crippen LogP contribution in [0.2, 0.25) is 0 Å². The van der Waals surface area contributed by atoms with E-state index in [9.17, 15) is 0 Å². The third-order valence-electron chi connectivity index (χ3n) is 6.01. The molecular weight excluding hydrogens is 328 g/mol. The van der Waals surface area contributed by atoms with Crippen LogP contribution in [0.5, 0.6) is 0 Å². The molecule has 0 aliphatic heterocycles. The van der Waals surface area contributed by atoms with E-state index in [1.54, 1.807) is 0 Å². The monoisotopic (exact) mass is 380 g/mol. The van der Waals surface area contributed by atoms with Gasteiger partial charge in [-0.2, -0.15) is 0 Å². The Labute approximate surface area is 171 Å². The fraction of sp³-hybridized carbons (Fsp3) is 0.920. The first kappa shape index (κ1) is 26.7. The fourth-order valence-corrected chi connectivity index (χ4v) is 3.92. The molecule has 0 aromatic rings. The van der Waals surface area contributed by atoms with Crippen LogP contribution in [0.25, 0.3) is 0 Å². The summed E-state index contributed by atoms with van der Waals surface area (Å²) >= 11 is 0. The van der Waals surface area contributed by atoms with E-state index in [0.29, 0.717) is 5.92 Å². The molecule has 0 fully saturated rings. The van der Waals surface area contributed by atoms with Crippen molar-refractivity contribution < 1.29 is 0 Å². The molecule has 0 saturated carbocycles. The summed E-state index contributed by atoms with van der Waals surface area (Å²) in [5.41, 5.74) is 12.1. The first-order valence-corrected chi connectivity index (χ1v) is 12.1. The molecule has 0 heterocycles. The predicted molar refractivity (Wildman–Crippen MR) is 124 cm³/mol. The van der Waals surface area contributed by atoms with E-state index >= 15 is 0 Å². The summed E-state index contributed by atoms with van der Waals surface area (Å²) in [7, 11) is 0. The van der Waals surface area contributed by atoms with Gasteiger partial charge in [-0.05, 0) is 26.2 Å². The predicted octanol–water partition coefficient (Wildman–Crippen LogP) is 7.50. The van der Waals surface area contributed by atoms with Crippen molar-refractivity contribution in [2.45, 2.75) is 142 Å². The topological polar surface area (TPSA) is 52.0 Å². The summed E-state index contributed by atoms with van der Waals surface area (Å²) in [5, 5.41) is 0. The molecule has 0 aromatic heterocycles. The molecule has 0 radical (unpaired) electrons. The Morgan fingerprint density at radius 1 is 0.704 bits per heavy atom. The van der Waals surface area contributed by atoms with Gasteiger partial charge in [-0.3, -0.25) is 0 Å². The second-order valence-corrected chi connectivity index (χ2v) is 9.34. The highest BCUT2D eigenvalue weighted by molar-refractivity contribution is 4.97. The van der Waals surface area contributed by atoms with E-state index in [1.807, 2.05) is 19.9 Å². The Morgan fingerprint density at radius 2 is 1.04 bits per heavy atom. The molecule has 0 aromatic carbocycles. The lowest BCUT2D eigenvalue weighted by molar-refractivity contribution is 0.319. The number of unbranched alkanes of at least 4 members (excludes halogenated alkanes) is 15. The highest BCUT2D eigenvalue weighted by atomic mass is 14.8. The number of nitrogens with two attached hydrogens (primary N) is 2. The number of hydrogen-bond acceptors (Lipinski definition) is 2. The molecule has 2 heteroatoms. The van der Waals surface area contributed by atoms with Crippen LogP contribution in [0.4, 0.5) is 0 Å². The van der Waals surface area contributed by atoms with Crippen LogP contribution in [0.3, 0.4) is 0 Å². The minimum absolute atomic E-state index is 0.00587. The molecule has 0 rings (SSSR count). The smallest absolute Gasteiger partial charge is 0.0279 e. The maximum atomic E-state index is 6.28. The van der Waals surface area contributed by atoms with Crippen LogP contribution < -0.4 is 11.5 Å². The summed E-state index contributed by atoms with van der Waals surface area (Å²) < 4.78 is 0. The van der Waals surface area contributed by atoms with Gasteiger partial charge in [-0.1, -0.05) is 116 Å². The quantitative estimate of drug-likeness (QED) is 0.170. The minimum Gasteiger partial charge on any atom is -0.326 e. The molecule has 0 saturated heterocycles. The maximum absolute atomic E-state index is 6.28. The number of rotatable bonds is 20. The van der Waals surface area contributed by atoms with Gasteiger partial charge >= 0.3 is 0 Å². The van der Waals surface area contributed by atoms with Crippen molar-refractivity contribution >= 4 is 0 Å². The van der Waals surface area contributed by atoms with Gasteiger partial charge in [-0.15, -0.1) is 6.58 Å². The Kier molecular flexibility index (Phi) is 17.5. The Morgan fingerprint density at radius 3 is 1.33 bits per heavy atom. The van der Waals surface area contributed by atoms with Crippen LogP contribution >= 0.6 is 0 Å². The lowest BCUT2D eigenvalue weighted by Gasteiger charge is -2.32. The van der Waals surface area contributed by atoms with Gasteiger partial charge in [0.15, 0.2) is 0 Å². The molecule has 27 heavy (non-hydrogen) atoms. The normalized spacial score (nSPS) is 14.3. The summed E-state index contributed by atoms with van der Waals surface area (Å²) in [5.74, 6) is 0.344. The van der Waals surface area contributed by atoms with Crippen molar-refractivity contribution in [3.8, 4) is 0 Å². The first-order chi connectivity index (χ1) is 12.9. The second kappa shape index (κ2) is 17.7. The number of hydrogen-bond donors (Lipinski definition) is 2. The molecular formula is C25H52N2. The lowest BCUT2D eigenvalue weighted by atomic mass is 9.83. The summed E-state index contributed by atoms with van der Waals surface area (Å²) in [6, 6.07) is 0.00587. The van der Waals surface area contributed by atoms with E-state index in [1.165, 1.54) is 103 Å². The van der Waals surface area contributed by atoms with Crippen molar-refractivity contribution in [1.29, 1.82) is 0 Å². The lowest BCUT2D eigenvalue weighted by Crippen LogP contribution is -2.53. The van der Waals surface area contributed by atoms with Gasteiger partial charge in [-0.25, -0.2) is 0 Å². The van der Waals surface area contributed by atoms with E-state index in [4.69, 9.17) is 11.5 Å². The van der Waals surface area contributed by atoms with E-state index in [0.717, 1.165) is 6.42 Å². The third kappa shape index (κ3) is 16.3. The SMILES string of the molecule is C=CC(CCCCCCCCCCCCCCCCCC)C(N)C(C)(C)N. The third-order valence-corrected chi connectivity index (χ3v) is 6.01. The van der Waals surface area contributed by atoms with Crippen LogP contribution in [0.15, 0.2) is 12.7 Å². The van der Waals surface area contributed by atoms with E-state index < -0.39 is 0 Å². The van der Waals surface area contributed by atoms with Gasteiger partial charge in [0, 0.05) is 11.6 Å². The molecule has 2 nitrogen and oxygen atoms in total. The van der Waals surface area contributed by atoms with Crippen molar-refractivity contribution in [3.05, 3.63) is 12.7 Å². The molecule has 2 atom stereocenters. The van der Waals surface area contributed by atoms with Crippen LogP contribution in [-0.4, -0.2) is 11.6 Å². The summed E-state index contributed by atoms with van der Waals surface area (Å²) in [4.78, 5) is 0. The average Bonchev–Trinajstić information content (AvgIpc) is 2.63. The molecule has 4 N–H and O–H groups in total. The zero-order valence-electron chi connectivity index (χ0n) is 19.1. The van der Waals surface area contributed by atoms with Gasteiger partial charge < -0.3 is 11.5 Å².